The SMILES string of the molecule is CC(O)(/C(C#Cc1ccccc1)=C/C(F)(F)F)c1ccccc1. The summed E-state index contributed by atoms with van der Waals surface area (Å²) in [6.45, 7) is 1.31. The number of aliphatic hydroxyl groups is 1. The molecule has 0 amide bonds. The van der Waals surface area contributed by atoms with E-state index in [-0.39, 0.29) is 6.08 Å². The van der Waals surface area contributed by atoms with Gasteiger partial charge in [-0.05, 0) is 24.6 Å². The van der Waals surface area contributed by atoms with Gasteiger partial charge < -0.3 is 5.11 Å². The highest BCUT2D eigenvalue weighted by Crippen LogP contribution is 2.32. The number of halogens is 3. The molecule has 0 spiro atoms. The number of allylic oxidation sites excluding steroid dienone is 1. The van der Waals surface area contributed by atoms with Gasteiger partial charge in [-0.25, -0.2) is 0 Å². The van der Waals surface area contributed by atoms with Crippen LogP contribution in [0.3, 0.4) is 0 Å². The number of hydrogen-bond donors (Lipinski definition) is 1. The Labute approximate surface area is 133 Å². The van der Waals surface area contributed by atoms with E-state index in [9.17, 15) is 18.3 Å². The third-order valence-corrected chi connectivity index (χ3v) is 3.28. The van der Waals surface area contributed by atoms with E-state index < -0.39 is 17.4 Å². The molecule has 118 valence electrons. The van der Waals surface area contributed by atoms with Gasteiger partial charge in [-0.2, -0.15) is 13.2 Å². The summed E-state index contributed by atoms with van der Waals surface area (Å²) in [6, 6.07) is 16.8. The van der Waals surface area contributed by atoms with Crippen molar-refractivity contribution in [3.05, 3.63) is 83.4 Å². The third kappa shape index (κ3) is 4.73. The Morgan fingerprint density at radius 2 is 1.48 bits per heavy atom. The quantitative estimate of drug-likeness (QED) is 0.812. The molecule has 0 saturated heterocycles. The highest BCUT2D eigenvalue weighted by molar-refractivity contribution is 5.47. The predicted octanol–water partition coefficient (Wildman–Crippen LogP) is 4.43. The van der Waals surface area contributed by atoms with Crippen molar-refractivity contribution in [1.29, 1.82) is 0 Å². The normalized spacial score (nSPS) is 14.6. The van der Waals surface area contributed by atoms with Crippen LogP contribution in [0.15, 0.2) is 72.3 Å². The number of rotatable bonds is 2. The largest absolute Gasteiger partial charge is 0.410 e. The van der Waals surface area contributed by atoms with Gasteiger partial charge in [-0.3, -0.25) is 0 Å². The second kappa shape index (κ2) is 6.72. The Hall–Kier alpha value is -2.51. The predicted molar refractivity (Wildman–Crippen MR) is 83.5 cm³/mol. The maximum Gasteiger partial charge on any atom is 0.410 e. The van der Waals surface area contributed by atoms with Crippen molar-refractivity contribution in [2.75, 3.05) is 0 Å². The molecular formula is C19H15F3O. The highest BCUT2D eigenvalue weighted by atomic mass is 19.4. The first-order valence-electron chi connectivity index (χ1n) is 6.94. The lowest BCUT2D eigenvalue weighted by molar-refractivity contribution is -0.0820. The monoisotopic (exact) mass is 316 g/mol. The minimum absolute atomic E-state index is 0.0515. The smallest absolute Gasteiger partial charge is 0.380 e. The second-order valence-corrected chi connectivity index (χ2v) is 5.15. The fourth-order valence-electron chi connectivity index (χ4n) is 2.04. The molecule has 0 aliphatic rings. The van der Waals surface area contributed by atoms with Gasteiger partial charge in [0.15, 0.2) is 0 Å². The summed E-state index contributed by atoms with van der Waals surface area (Å²) in [7, 11) is 0. The lowest BCUT2D eigenvalue weighted by Gasteiger charge is -2.24. The number of hydrogen-bond acceptors (Lipinski definition) is 1. The highest BCUT2D eigenvalue weighted by Gasteiger charge is 2.33. The van der Waals surface area contributed by atoms with E-state index >= 15 is 0 Å². The first kappa shape index (κ1) is 16.9. The minimum atomic E-state index is -4.57. The number of alkyl halides is 3. The van der Waals surface area contributed by atoms with Gasteiger partial charge in [-0.1, -0.05) is 60.4 Å². The van der Waals surface area contributed by atoms with E-state index in [0.717, 1.165) is 0 Å². The molecule has 0 aliphatic heterocycles. The van der Waals surface area contributed by atoms with Crippen molar-refractivity contribution in [3.63, 3.8) is 0 Å². The van der Waals surface area contributed by atoms with Gasteiger partial charge in [0.2, 0.25) is 0 Å². The Kier molecular flexibility index (Phi) is 4.92. The average molecular weight is 316 g/mol. The van der Waals surface area contributed by atoms with Crippen molar-refractivity contribution in [2.45, 2.75) is 18.7 Å². The summed E-state index contributed by atoms with van der Waals surface area (Å²) in [4.78, 5) is 0. The molecule has 1 nitrogen and oxygen atoms in total. The Balaban J connectivity index is 2.48. The second-order valence-electron chi connectivity index (χ2n) is 5.15. The van der Waals surface area contributed by atoms with Crippen LogP contribution in [0, 0.1) is 11.8 Å². The molecular weight excluding hydrogens is 301 g/mol. The van der Waals surface area contributed by atoms with Crippen LogP contribution >= 0.6 is 0 Å². The fraction of sp³-hybridized carbons (Fsp3) is 0.158. The van der Waals surface area contributed by atoms with Crippen LogP contribution in [0.4, 0.5) is 13.2 Å². The summed E-state index contributed by atoms with van der Waals surface area (Å²) in [5.74, 6) is 5.14. The van der Waals surface area contributed by atoms with Gasteiger partial charge in [0.1, 0.15) is 5.60 Å². The van der Waals surface area contributed by atoms with E-state index in [2.05, 4.69) is 11.8 Å². The van der Waals surface area contributed by atoms with E-state index in [1.807, 2.05) is 0 Å². The lowest BCUT2D eigenvalue weighted by Crippen LogP contribution is -2.25. The van der Waals surface area contributed by atoms with Crippen LogP contribution in [0.1, 0.15) is 18.1 Å². The van der Waals surface area contributed by atoms with Crippen molar-refractivity contribution in [2.24, 2.45) is 0 Å². The molecule has 1 N–H and O–H groups in total. The zero-order valence-electron chi connectivity index (χ0n) is 12.4. The van der Waals surface area contributed by atoms with Crippen LogP contribution in [0.25, 0.3) is 0 Å². The molecule has 0 saturated carbocycles. The Morgan fingerprint density at radius 1 is 0.957 bits per heavy atom. The first-order chi connectivity index (χ1) is 10.8. The molecule has 2 aromatic carbocycles. The van der Waals surface area contributed by atoms with Crippen LogP contribution in [0.5, 0.6) is 0 Å². The van der Waals surface area contributed by atoms with E-state index in [0.29, 0.717) is 11.1 Å². The van der Waals surface area contributed by atoms with E-state index in [1.165, 1.54) is 6.92 Å². The zero-order valence-corrected chi connectivity index (χ0v) is 12.4. The molecule has 0 radical (unpaired) electrons. The standard InChI is InChI=1S/C19H15F3O/c1-18(23,16-10-6-3-7-11-16)17(14-19(20,21)22)13-12-15-8-4-2-5-9-15/h2-11,14,23H,1H3/b17-14+. The summed E-state index contributed by atoms with van der Waals surface area (Å²) >= 11 is 0. The lowest BCUT2D eigenvalue weighted by atomic mass is 9.87. The molecule has 0 fully saturated rings. The van der Waals surface area contributed by atoms with Gasteiger partial charge in [-0.15, -0.1) is 0 Å². The molecule has 2 rings (SSSR count). The van der Waals surface area contributed by atoms with Crippen molar-refractivity contribution >= 4 is 0 Å². The molecule has 1 unspecified atom stereocenters. The molecule has 0 bridgehead atoms. The topological polar surface area (TPSA) is 20.2 Å². The van der Waals surface area contributed by atoms with Gasteiger partial charge in [0.05, 0.1) is 0 Å². The van der Waals surface area contributed by atoms with E-state index in [4.69, 9.17) is 0 Å². The van der Waals surface area contributed by atoms with Crippen molar-refractivity contribution in [3.8, 4) is 11.8 Å². The van der Waals surface area contributed by atoms with Crippen LogP contribution in [-0.4, -0.2) is 11.3 Å². The van der Waals surface area contributed by atoms with Gasteiger partial charge >= 0.3 is 6.18 Å². The van der Waals surface area contributed by atoms with E-state index in [1.54, 1.807) is 60.7 Å². The fourth-order valence-corrected chi connectivity index (χ4v) is 2.04. The summed E-state index contributed by atoms with van der Waals surface area (Å²) in [6.07, 6.45) is -4.52. The summed E-state index contributed by atoms with van der Waals surface area (Å²) < 4.78 is 38.5. The molecule has 23 heavy (non-hydrogen) atoms. The van der Waals surface area contributed by atoms with Gasteiger partial charge in [0, 0.05) is 17.2 Å². The molecule has 4 heteroatoms. The number of benzene rings is 2. The van der Waals surface area contributed by atoms with Gasteiger partial charge in [0.25, 0.3) is 0 Å². The van der Waals surface area contributed by atoms with Crippen LogP contribution in [-0.2, 0) is 5.60 Å². The maximum absolute atomic E-state index is 12.8. The minimum Gasteiger partial charge on any atom is -0.380 e. The van der Waals surface area contributed by atoms with Crippen molar-refractivity contribution in [1.82, 2.24) is 0 Å². The first-order valence-corrected chi connectivity index (χ1v) is 6.94. The zero-order chi connectivity index (χ0) is 16.9. The molecule has 0 aliphatic carbocycles. The van der Waals surface area contributed by atoms with Crippen LogP contribution in [0.2, 0.25) is 0 Å². The summed E-state index contributed by atoms with van der Waals surface area (Å²) in [5, 5.41) is 10.6. The Bertz CT molecular complexity index is 733. The molecule has 0 aromatic heterocycles. The molecule has 0 heterocycles. The molecule has 2 aromatic rings. The average Bonchev–Trinajstić information content (AvgIpc) is 2.52. The molecule has 1 atom stereocenters. The Morgan fingerprint density at radius 3 is 2.00 bits per heavy atom. The summed E-state index contributed by atoms with van der Waals surface area (Å²) in [5.41, 5.74) is -1.32. The maximum atomic E-state index is 12.8. The van der Waals surface area contributed by atoms with Crippen LogP contribution < -0.4 is 0 Å². The van der Waals surface area contributed by atoms with Crippen molar-refractivity contribution < 1.29 is 18.3 Å². The third-order valence-electron chi connectivity index (χ3n) is 3.28.